The average Bonchev–Trinajstić information content (AvgIpc) is 3.06. The number of aromatic nitrogens is 2. The van der Waals surface area contributed by atoms with Crippen molar-refractivity contribution < 1.29 is 9.18 Å². The van der Waals surface area contributed by atoms with E-state index in [9.17, 15) is 9.18 Å². The standard InChI is InChI=1S/C17H20ClFN4O/c1-22-10-13(9-21-22)17-12(5-16(24)23(17)2)8-20-7-11-3-4-14(19)6-15(11)18/h3-4,6,9-10,12,17,20H,5,7-8H2,1-2H3/t12-,17+/m0/s1. The van der Waals surface area contributed by atoms with Gasteiger partial charge in [0.05, 0.1) is 12.2 Å². The Balaban J connectivity index is 1.66. The van der Waals surface area contributed by atoms with E-state index in [2.05, 4.69) is 10.4 Å². The first-order valence-corrected chi connectivity index (χ1v) is 8.22. The Kier molecular flexibility index (Phi) is 4.87. The van der Waals surface area contributed by atoms with Crippen LogP contribution in [0.1, 0.15) is 23.6 Å². The number of nitrogens with one attached hydrogen (secondary N) is 1. The molecule has 0 spiro atoms. The fourth-order valence-corrected chi connectivity index (χ4v) is 3.52. The number of amides is 1. The van der Waals surface area contributed by atoms with Crippen LogP contribution in [0.25, 0.3) is 0 Å². The molecular weight excluding hydrogens is 331 g/mol. The number of hydrogen-bond acceptors (Lipinski definition) is 3. The summed E-state index contributed by atoms with van der Waals surface area (Å²) in [6, 6.07) is 4.40. The molecule has 3 rings (SSSR count). The highest BCUT2D eigenvalue weighted by atomic mass is 35.5. The summed E-state index contributed by atoms with van der Waals surface area (Å²) in [5.41, 5.74) is 1.88. The molecule has 0 radical (unpaired) electrons. The number of benzene rings is 1. The molecule has 2 atom stereocenters. The van der Waals surface area contributed by atoms with Gasteiger partial charge >= 0.3 is 0 Å². The number of hydrogen-bond donors (Lipinski definition) is 1. The summed E-state index contributed by atoms with van der Waals surface area (Å²) in [6.07, 6.45) is 4.26. The third-order valence-electron chi connectivity index (χ3n) is 4.50. The molecule has 1 fully saturated rings. The Morgan fingerprint density at radius 1 is 1.42 bits per heavy atom. The average molecular weight is 351 g/mol. The lowest BCUT2D eigenvalue weighted by Crippen LogP contribution is -2.29. The van der Waals surface area contributed by atoms with Crippen LogP contribution in [0, 0.1) is 11.7 Å². The molecule has 1 amide bonds. The maximum absolute atomic E-state index is 13.1. The summed E-state index contributed by atoms with van der Waals surface area (Å²) in [4.78, 5) is 13.9. The van der Waals surface area contributed by atoms with Crippen molar-refractivity contribution in [2.45, 2.75) is 19.0 Å². The van der Waals surface area contributed by atoms with Crippen molar-refractivity contribution in [3.8, 4) is 0 Å². The van der Waals surface area contributed by atoms with Crippen LogP contribution >= 0.6 is 11.6 Å². The van der Waals surface area contributed by atoms with Gasteiger partial charge < -0.3 is 10.2 Å². The summed E-state index contributed by atoms with van der Waals surface area (Å²) < 4.78 is 14.8. The molecule has 1 aromatic carbocycles. The second-order valence-corrected chi connectivity index (χ2v) is 6.63. The summed E-state index contributed by atoms with van der Waals surface area (Å²) in [6.45, 7) is 1.20. The van der Waals surface area contributed by atoms with Crippen LogP contribution < -0.4 is 5.32 Å². The van der Waals surface area contributed by atoms with Gasteiger partial charge in [0.2, 0.25) is 5.91 Å². The van der Waals surface area contributed by atoms with Crippen LogP contribution in [0.5, 0.6) is 0 Å². The molecule has 24 heavy (non-hydrogen) atoms. The number of rotatable bonds is 5. The van der Waals surface area contributed by atoms with Gasteiger partial charge in [0.15, 0.2) is 0 Å². The first-order chi connectivity index (χ1) is 11.5. The van der Waals surface area contributed by atoms with E-state index in [4.69, 9.17) is 11.6 Å². The SMILES string of the molecule is CN1C(=O)C[C@@H](CNCc2ccc(F)cc2Cl)[C@@H]1c1cnn(C)c1. The molecule has 0 unspecified atom stereocenters. The van der Waals surface area contributed by atoms with Crippen molar-refractivity contribution in [3.05, 3.63) is 52.6 Å². The van der Waals surface area contributed by atoms with Gasteiger partial charge in [0, 0.05) is 56.3 Å². The van der Waals surface area contributed by atoms with Crippen LogP contribution in [-0.4, -0.2) is 34.2 Å². The van der Waals surface area contributed by atoms with Crippen molar-refractivity contribution in [3.63, 3.8) is 0 Å². The number of likely N-dealkylation sites (tertiary alicyclic amines) is 1. The fraction of sp³-hybridized carbons (Fsp3) is 0.412. The van der Waals surface area contributed by atoms with Gasteiger partial charge in [-0.15, -0.1) is 0 Å². The third kappa shape index (κ3) is 3.44. The zero-order valence-electron chi connectivity index (χ0n) is 13.7. The number of aryl methyl sites for hydroxylation is 1. The van der Waals surface area contributed by atoms with Gasteiger partial charge in [-0.2, -0.15) is 5.10 Å². The second-order valence-electron chi connectivity index (χ2n) is 6.23. The van der Waals surface area contributed by atoms with E-state index < -0.39 is 0 Å². The first-order valence-electron chi connectivity index (χ1n) is 7.84. The predicted octanol–water partition coefficient (Wildman–Crippen LogP) is 2.52. The van der Waals surface area contributed by atoms with Crippen LogP contribution in [0.15, 0.2) is 30.6 Å². The van der Waals surface area contributed by atoms with E-state index in [1.54, 1.807) is 15.6 Å². The van der Waals surface area contributed by atoms with Gasteiger partial charge in [0.25, 0.3) is 0 Å². The number of carbonyl (C=O) groups excluding carboxylic acids is 1. The monoisotopic (exact) mass is 350 g/mol. The Morgan fingerprint density at radius 2 is 2.21 bits per heavy atom. The largest absolute Gasteiger partial charge is 0.338 e. The molecule has 1 aliphatic rings. The number of nitrogens with zero attached hydrogens (tertiary/aromatic N) is 3. The Morgan fingerprint density at radius 3 is 2.88 bits per heavy atom. The van der Waals surface area contributed by atoms with Crippen LogP contribution in [-0.2, 0) is 18.4 Å². The molecule has 0 saturated carbocycles. The van der Waals surface area contributed by atoms with Crippen molar-refractivity contribution in [2.24, 2.45) is 13.0 Å². The molecule has 0 aliphatic carbocycles. The molecule has 1 aromatic heterocycles. The quantitative estimate of drug-likeness (QED) is 0.901. The Bertz CT molecular complexity index is 748. The normalized spacial score (nSPS) is 20.8. The highest BCUT2D eigenvalue weighted by molar-refractivity contribution is 6.31. The maximum atomic E-state index is 13.1. The van der Waals surface area contributed by atoms with E-state index in [1.807, 2.05) is 26.5 Å². The van der Waals surface area contributed by atoms with Gasteiger partial charge in [-0.05, 0) is 17.7 Å². The first kappa shape index (κ1) is 16.9. The van der Waals surface area contributed by atoms with E-state index in [0.29, 0.717) is 24.5 Å². The van der Waals surface area contributed by atoms with Crippen molar-refractivity contribution in [2.75, 3.05) is 13.6 Å². The third-order valence-corrected chi connectivity index (χ3v) is 4.85. The van der Waals surface area contributed by atoms with Crippen LogP contribution in [0.3, 0.4) is 0 Å². The summed E-state index contributed by atoms with van der Waals surface area (Å²) in [5, 5.41) is 7.96. The van der Waals surface area contributed by atoms with E-state index in [0.717, 1.165) is 11.1 Å². The van der Waals surface area contributed by atoms with Gasteiger partial charge in [-0.3, -0.25) is 9.48 Å². The van der Waals surface area contributed by atoms with E-state index in [1.165, 1.54) is 12.1 Å². The van der Waals surface area contributed by atoms with Gasteiger partial charge in [-0.25, -0.2) is 4.39 Å². The van der Waals surface area contributed by atoms with Crippen molar-refractivity contribution in [1.82, 2.24) is 20.0 Å². The zero-order chi connectivity index (χ0) is 17.3. The molecule has 128 valence electrons. The lowest BCUT2D eigenvalue weighted by Gasteiger charge is -2.24. The smallest absolute Gasteiger partial charge is 0.223 e. The maximum Gasteiger partial charge on any atom is 0.223 e. The second kappa shape index (κ2) is 6.91. The summed E-state index contributed by atoms with van der Waals surface area (Å²) in [5.74, 6) is -0.0511. The molecule has 0 bridgehead atoms. The molecule has 5 nitrogen and oxygen atoms in total. The molecule has 2 heterocycles. The highest BCUT2D eigenvalue weighted by Crippen LogP contribution is 2.36. The molecular formula is C17H20ClFN4O. The molecule has 1 aliphatic heterocycles. The predicted molar refractivity (Wildman–Crippen MR) is 89.9 cm³/mol. The minimum Gasteiger partial charge on any atom is -0.338 e. The van der Waals surface area contributed by atoms with E-state index in [-0.39, 0.29) is 23.7 Å². The van der Waals surface area contributed by atoms with Gasteiger partial charge in [0.1, 0.15) is 5.82 Å². The molecule has 2 aromatic rings. The van der Waals surface area contributed by atoms with Crippen molar-refractivity contribution in [1.29, 1.82) is 0 Å². The fourth-order valence-electron chi connectivity index (χ4n) is 3.28. The topological polar surface area (TPSA) is 50.2 Å². The Labute approximate surface area is 145 Å². The lowest BCUT2D eigenvalue weighted by atomic mass is 9.95. The number of carbonyl (C=O) groups is 1. The molecule has 1 saturated heterocycles. The minimum atomic E-state index is -0.344. The number of halogens is 2. The minimum absolute atomic E-state index is 0.0161. The lowest BCUT2D eigenvalue weighted by molar-refractivity contribution is -0.127. The van der Waals surface area contributed by atoms with Crippen LogP contribution in [0.4, 0.5) is 4.39 Å². The molecule has 7 heteroatoms. The van der Waals surface area contributed by atoms with Crippen LogP contribution in [0.2, 0.25) is 5.02 Å². The summed E-state index contributed by atoms with van der Waals surface area (Å²) in [7, 11) is 3.70. The van der Waals surface area contributed by atoms with Crippen molar-refractivity contribution >= 4 is 17.5 Å². The van der Waals surface area contributed by atoms with E-state index >= 15 is 0 Å². The Hall–Kier alpha value is -1.92. The molecule has 1 N–H and O–H groups in total. The highest BCUT2D eigenvalue weighted by Gasteiger charge is 2.38. The van der Waals surface area contributed by atoms with Gasteiger partial charge in [-0.1, -0.05) is 17.7 Å². The zero-order valence-corrected chi connectivity index (χ0v) is 14.4. The summed E-state index contributed by atoms with van der Waals surface area (Å²) >= 11 is 6.05.